The molecule has 0 fully saturated rings. The molecule has 2 aromatic rings. The Bertz CT molecular complexity index is 821. The number of ether oxygens (including phenoxy) is 1. The normalized spacial score (nSPS) is 11.8. The third-order valence-electron chi connectivity index (χ3n) is 4.53. The van der Waals surface area contributed by atoms with E-state index in [0.29, 0.717) is 17.9 Å². The monoisotopic (exact) mass is 400 g/mol. The summed E-state index contributed by atoms with van der Waals surface area (Å²) in [5, 5.41) is 2.83. The highest BCUT2D eigenvalue weighted by Crippen LogP contribution is 2.15. The molecule has 156 valence electrons. The highest BCUT2D eigenvalue weighted by atomic mass is 19.1. The number of nitrogens with one attached hydrogen (secondary N) is 1. The van der Waals surface area contributed by atoms with E-state index in [2.05, 4.69) is 5.32 Å². The van der Waals surface area contributed by atoms with E-state index < -0.39 is 11.9 Å². The van der Waals surface area contributed by atoms with E-state index in [4.69, 9.17) is 4.74 Å². The molecule has 0 unspecified atom stereocenters. The summed E-state index contributed by atoms with van der Waals surface area (Å²) in [7, 11) is 0. The smallest absolute Gasteiger partial charge is 0.261 e. The molecule has 0 aliphatic carbocycles. The second-order valence-electron chi connectivity index (χ2n) is 7.53. The highest BCUT2D eigenvalue weighted by Gasteiger charge is 2.27. The first-order valence-corrected chi connectivity index (χ1v) is 9.78. The number of hydrogen-bond acceptors (Lipinski definition) is 3. The van der Waals surface area contributed by atoms with Crippen molar-refractivity contribution in [1.82, 2.24) is 10.2 Å². The van der Waals surface area contributed by atoms with E-state index >= 15 is 0 Å². The van der Waals surface area contributed by atoms with Crippen LogP contribution in [0, 0.1) is 18.7 Å². The van der Waals surface area contributed by atoms with Crippen LogP contribution in [0.1, 0.15) is 31.9 Å². The second-order valence-corrected chi connectivity index (χ2v) is 7.53. The molecule has 2 amide bonds. The van der Waals surface area contributed by atoms with Gasteiger partial charge in [-0.15, -0.1) is 0 Å². The third-order valence-corrected chi connectivity index (χ3v) is 4.53. The van der Waals surface area contributed by atoms with Gasteiger partial charge in [-0.2, -0.15) is 0 Å². The molecule has 6 heteroatoms. The Kier molecular flexibility index (Phi) is 8.19. The summed E-state index contributed by atoms with van der Waals surface area (Å²) < 4.78 is 19.7. The Labute approximate surface area is 171 Å². The van der Waals surface area contributed by atoms with E-state index in [1.807, 2.05) is 32.9 Å². The van der Waals surface area contributed by atoms with Crippen molar-refractivity contribution in [2.24, 2.45) is 5.92 Å². The molecule has 2 rings (SSSR count). The van der Waals surface area contributed by atoms with Crippen molar-refractivity contribution in [3.8, 4) is 5.75 Å². The van der Waals surface area contributed by atoms with Crippen LogP contribution in [-0.4, -0.2) is 35.9 Å². The van der Waals surface area contributed by atoms with Gasteiger partial charge in [-0.25, -0.2) is 4.39 Å². The predicted molar refractivity (Wildman–Crippen MR) is 111 cm³/mol. The van der Waals surface area contributed by atoms with Crippen LogP contribution in [0.3, 0.4) is 0 Å². The second kappa shape index (κ2) is 10.6. The van der Waals surface area contributed by atoms with Gasteiger partial charge >= 0.3 is 0 Å². The topological polar surface area (TPSA) is 58.6 Å². The SMILES string of the molecule is Cc1ccc(OCC(=O)N(Cc2ccccc2F)[C@H](C)C(=O)NCC(C)C)cc1. The number of nitrogens with zero attached hydrogens (tertiary/aromatic N) is 1. The average molecular weight is 400 g/mol. The molecule has 0 aliphatic heterocycles. The van der Waals surface area contributed by atoms with Crippen LogP contribution in [0.25, 0.3) is 0 Å². The number of rotatable bonds is 9. The Balaban J connectivity index is 2.13. The van der Waals surface area contributed by atoms with Crippen LogP contribution >= 0.6 is 0 Å². The minimum atomic E-state index is -0.762. The zero-order valence-corrected chi connectivity index (χ0v) is 17.4. The van der Waals surface area contributed by atoms with Crippen molar-refractivity contribution in [1.29, 1.82) is 0 Å². The molecule has 29 heavy (non-hydrogen) atoms. The molecule has 0 aromatic heterocycles. The van der Waals surface area contributed by atoms with E-state index in [0.717, 1.165) is 5.56 Å². The van der Waals surface area contributed by atoms with Crippen molar-refractivity contribution in [3.63, 3.8) is 0 Å². The summed E-state index contributed by atoms with van der Waals surface area (Å²) in [5.41, 5.74) is 1.43. The molecular weight excluding hydrogens is 371 g/mol. The first-order valence-electron chi connectivity index (χ1n) is 9.78. The number of carbonyl (C=O) groups is 2. The van der Waals surface area contributed by atoms with Gasteiger partial charge in [-0.05, 0) is 38.0 Å². The summed E-state index contributed by atoms with van der Waals surface area (Å²) >= 11 is 0. The fourth-order valence-corrected chi connectivity index (χ4v) is 2.71. The zero-order chi connectivity index (χ0) is 21.4. The van der Waals surface area contributed by atoms with Gasteiger partial charge in [-0.1, -0.05) is 49.7 Å². The Morgan fingerprint density at radius 2 is 1.72 bits per heavy atom. The lowest BCUT2D eigenvalue weighted by Gasteiger charge is -2.29. The molecule has 0 aliphatic rings. The van der Waals surface area contributed by atoms with Gasteiger partial charge < -0.3 is 15.0 Å². The van der Waals surface area contributed by atoms with Crippen molar-refractivity contribution in [2.45, 2.75) is 40.3 Å². The van der Waals surface area contributed by atoms with Gasteiger partial charge in [0.05, 0.1) is 0 Å². The molecule has 0 heterocycles. The van der Waals surface area contributed by atoms with Crippen LogP contribution < -0.4 is 10.1 Å². The van der Waals surface area contributed by atoms with Gasteiger partial charge in [0.2, 0.25) is 5.91 Å². The van der Waals surface area contributed by atoms with Crippen LogP contribution in [0.5, 0.6) is 5.75 Å². The van der Waals surface area contributed by atoms with Crippen LogP contribution in [0.2, 0.25) is 0 Å². The van der Waals surface area contributed by atoms with Crippen LogP contribution in [0.15, 0.2) is 48.5 Å². The minimum Gasteiger partial charge on any atom is -0.484 e. The first-order chi connectivity index (χ1) is 13.8. The Morgan fingerprint density at radius 1 is 1.07 bits per heavy atom. The van der Waals surface area contributed by atoms with Gasteiger partial charge in [0.25, 0.3) is 5.91 Å². The summed E-state index contributed by atoms with van der Waals surface area (Å²) in [5.74, 6) is -0.238. The quantitative estimate of drug-likeness (QED) is 0.698. The summed E-state index contributed by atoms with van der Waals surface area (Å²) in [6.45, 7) is 7.83. The molecule has 0 bridgehead atoms. The standard InChI is InChI=1S/C23H29FN2O3/c1-16(2)13-25-23(28)18(4)26(14-19-7-5-6-8-21(19)24)22(27)15-29-20-11-9-17(3)10-12-20/h5-12,16,18H,13-15H2,1-4H3,(H,25,28)/t18-/m1/s1. The molecular formula is C23H29FN2O3. The van der Waals surface area contributed by atoms with Gasteiger partial charge in [-0.3, -0.25) is 9.59 Å². The summed E-state index contributed by atoms with van der Waals surface area (Å²) in [4.78, 5) is 26.8. The lowest BCUT2D eigenvalue weighted by Crippen LogP contribution is -2.49. The first kappa shape index (κ1) is 22.4. The molecule has 5 nitrogen and oxygen atoms in total. The molecule has 0 saturated heterocycles. The van der Waals surface area contributed by atoms with Gasteiger partial charge in [0.15, 0.2) is 6.61 Å². The van der Waals surface area contributed by atoms with Crippen molar-refractivity contribution < 1.29 is 18.7 Å². The molecule has 1 atom stereocenters. The fourth-order valence-electron chi connectivity index (χ4n) is 2.71. The maximum absolute atomic E-state index is 14.2. The number of aryl methyl sites for hydroxylation is 1. The third kappa shape index (κ3) is 6.89. The van der Waals surface area contributed by atoms with Crippen LogP contribution in [-0.2, 0) is 16.1 Å². The Morgan fingerprint density at radius 3 is 2.34 bits per heavy atom. The number of carbonyl (C=O) groups excluding carboxylic acids is 2. The van der Waals surface area contributed by atoms with Gasteiger partial charge in [0.1, 0.15) is 17.6 Å². The maximum Gasteiger partial charge on any atom is 0.261 e. The largest absolute Gasteiger partial charge is 0.484 e. The number of hydrogen-bond donors (Lipinski definition) is 1. The Hall–Kier alpha value is -2.89. The van der Waals surface area contributed by atoms with E-state index in [1.54, 1.807) is 37.3 Å². The van der Waals surface area contributed by atoms with E-state index in [-0.39, 0.29) is 30.9 Å². The average Bonchev–Trinajstić information content (AvgIpc) is 2.70. The van der Waals surface area contributed by atoms with Crippen molar-refractivity contribution in [2.75, 3.05) is 13.2 Å². The molecule has 0 saturated carbocycles. The van der Waals surface area contributed by atoms with Gasteiger partial charge in [0, 0.05) is 18.7 Å². The summed E-state index contributed by atoms with van der Waals surface area (Å²) in [6.07, 6.45) is 0. The van der Waals surface area contributed by atoms with Crippen molar-refractivity contribution in [3.05, 3.63) is 65.5 Å². The van der Waals surface area contributed by atoms with E-state index in [9.17, 15) is 14.0 Å². The lowest BCUT2D eigenvalue weighted by molar-refractivity contribution is -0.142. The summed E-state index contributed by atoms with van der Waals surface area (Å²) in [6, 6.07) is 12.8. The van der Waals surface area contributed by atoms with Crippen LogP contribution in [0.4, 0.5) is 4.39 Å². The number of amides is 2. The van der Waals surface area contributed by atoms with Crippen molar-refractivity contribution >= 4 is 11.8 Å². The highest BCUT2D eigenvalue weighted by molar-refractivity contribution is 5.87. The number of benzene rings is 2. The molecule has 2 aromatic carbocycles. The predicted octanol–water partition coefficient (Wildman–Crippen LogP) is 3.70. The molecule has 1 N–H and O–H groups in total. The minimum absolute atomic E-state index is 0.0149. The molecule has 0 spiro atoms. The number of halogens is 1. The zero-order valence-electron chi connectivity index (χ0n) is 17.4. The fraction of sp³-hybridized carbons (Fsp3) is 0.391. The maximum atomic E-state index is 14.2. The van der Waals surface area contributed by atoms with E-state index in [1.165, 1.54) is 11.0 Å². The molecule has 0 radical (unpaired) electrons. The lowest BCUT2D eigenvalue weighted by atomic mass is 10.1.